The molecule has 2 rings (SSSR count). The van der Waals surface area contributed by atoms with Gasteiger partial charge in [0, 0.05) is 18.4 Å². The lowest BCUT2D eigenvalue weighted by Crippen LogP contribution is -2.36. The first-order valence-electron chi connectivity index (χ1n) is 5.96. The van der Waals surface area contributed by atoms with Crippen molar-refractivity contribution >= 4 is 11.9 Å². The minimum absolute atomic E-state index is 0.0655. The molecular formula is C13H15NO5. The molecule has 1 heterocycles. The van der Waals surface area contributed by atoms with Crippen molar-refractivity contribution in [1.29, 1.82) is 0 Å². The molecule has 0 spiro atoms. The average Bonchev–Trinajstić information content (AvgIpc) is 2.72. The van der Waals surface area contributed by atoms with E-state index in [2.05, 4.69) is 5.32 Å². The number of carboxylic acids is 2. The third-order valence-corrected chi connectivity index (χ3v) is 3.52. The summed E-state index contributed by atoms with van der Waals surface area (Å²) in [6.07, 6.45) is -0.247. The van der Waals surface area contributed by atoms with Gasteiger partial charge in [-0.3, -0.25) is 9.59 Å². The maximum Gasteiger partial charge on any atom is 0.321 e. The van der Waals surface area contributed by atoms with E-state index in [0.717, 1.165) is 0 Å². The summed E-state index contributed by atoms with van der Waals surface area (Å²) < 4.78 is 0. The van der Waals surface area contributed by atoms with Crippen LogP contribution < -0.4 is 5.32 Å². The van der Waals surface area contributed by atoms with Crippen LogP contribution in [0.25, 0.3) is 0 Å². The Bertz CT molecular complexity index is 502. The molecule has 0 bridgehead atoms. The van der Waals surface area contributed by atoms with Crippen molar-refractivity contribution in [3.63, 3.8) is 0 Å². The molecule has 6 nitrogen and oxygen atoms in total. The van der Waals surface area contributed by atoms with Gasteiger partial charge in [0.1, 0.15) is 11.8 Å². The molecule has 1 aromatic carbocycles. The summed E-state index contributed by atoms with van der Waals surface area (Å²) in [5.74, 6) is -2.94. The van der Waals surface area contributed by atoms with Crippen molar-refractivity contribution < 1.29 is 24.9 Å². The molecule has 1 aromatic rings. The quantitative estimate of drug-likeness (QED) is 0.636. The van der Waals surface area contributed by atoms with E-state index in [1.807, 2.05) is 0 Å². The lowest BCUT2D eigenvalue weighted by molar-refractivity contribution is -0.142. The van der Waals surface area contributed by atoms with Crippen molar-refractivity contribution in [3.05, 3.63) is 29.8 Å². The van der Waals surface area contributed by atoms with Crippen molar-refractivity contribution in [2.24, 2.45) is 5.92 Å². The third kappa shape index (κ3) is 2.68. The smallest absolute Gasteiger partial charge is 0.321 e. The van der Waals surface area contributed by atoms with Crippen LogP contribution >= 0.6 is 0 Å². The predicted octanol–water partition coefficient (Wildman–Crippen LogP) is 0.623. The number of hydrogen-bond acceptors (Lipinski definition) is 4. The van der Waals surface area contributed by atoms with Gasteiger partial charge in [-0.25, -0.2) is 0 Å². The zero-order valence-corrected chi connectivity index (χ0v) is 10.1. The standard InChI is InChI=1S/C13H15NO5/c15-10-4-2-1-3-7(10)9-6-14-12(13(18)19)8(9)5-11(16)17/h1-4,8-9,12,14-15H,5-6H2,(H,16,17)(H,18,19)/t8-,9+,12-/m0/s1. The topological polar surface area (TPSA) is 107 Å². The summed E-state index contributed by atoms with van der Waals surface area (Å²) >= 11 is 0. The van der Waals surface area contributed by atoms with E-state index in [4.69, 9.17) is 10.2 Å². The van der Waals surface area contributed by atoms with Crippen molar-refractivity contribution in [3.8, 4) is 5.75 Å². The Morgan fingerprint density at radius 1 is 1.26 bits per heavy atom. The molecule has 102 valence electrons. The first-order chi connectivity index (χ1) is 9.00. The van der Waals surface area contributed by atoms with E-state index in [-0.39, 0.29) is 18.1 Å². The molecular weight excluding hydrogens is 250 g/mol. The fourth-order valence-corrected chi connectivity index (χ4v) is 2.66. The SMILES string of the molecule is O=C(O)C[C@@H]1[C@@H](C(=O)O)NC[C@@H]1c1ccccc1O. The molecule has 19 heavy (non-hydrogen) atoms. The van der Waals surface area contributed by atoms with Gasteiger partial charge in [-0.15, -0.1) is 0 Å². The molecule has 1 fully saturated rings. The highest BCUT2D eigenvalue weighted by Gasteiger charge is 2.42. The number of rotatable bonds is 4. The molecule has 0 saturated carbocycles. The van der Waals surface area contributed by atoms with E-state index >= 15 is 0 Å². The second-order valence-electron chi connectivity index (χ2n) is 4.65. The molecule has 0 aromatic heterocycles. The number of hydrogen-bond donors (Lipinski definition) is 4. The highest BCUT2D eigenvalue weighted by atomic mass is 16.4. The molecule has 1 aliphatic heterocycles. The number of phenolic OH excluding ortho intramolecular Hbond substituents is 1. The molecule has 0 radical (unpaired) electrons. The summed E-state index contributed by atoms with van der Waals surface area (Å²) in [5, 5.41) is 30.7. The minimum Gasteiger partial charge on any atom is -0.508 e. The fourth-order valence-electron chi connectivity index (χ4n) is 2.66. The largest absolute Gasteiger partial charge is 0.508 e. The van der Waals surface area contributed by atoms with E-state index in [9.17, 15) is 14.7 Å². The summed E-state index contributed by atoms with van der Waals surface area (Å²) in [7, 11) is 0. The number of aromatic hydroxyl groups is 1. The number of nitrogens with one attached hydrogen (secondary N) is 1. The highest BCUT2D eigenvalue weighted by molar-refractivity contribution is 5.77. The van der Waals surface area contributed by atoms with E-state index in [0.29, 0.717) is 12.1 Å². The summed E-state index contributed by atoms with van der Waals surface area (Å²) in [5.41, 5.74) is 0.588. The number of carboxylic acid groups (broad SMARTS) is 2. The number of aliphatic carboxylic acids is 2. The molecule has 1 saturated heterocycles. The lowest BCUT2D eigenvalue weighted by atomic mass is 9.82. The number of phenols is 1. The van der Waals surface area contributed by atoms with Crippen molar-refractivity contribution in [1.82, 2.24) is 5.32 Å². The Morgan fingerprint density at radius 2 is 1.95 bits per heavy atom. The summed E-state index contributed by atoms with van der Waals surface area (Å²) in [6, 6.07) is 5.71. The van der Waals surface area contributed by atoms with E-state index in [1.54, 1.807) is 18.2 Å². The van der Waals surface area contributed by atoms with Gasteiger partial charge in [-0.1, -0.05) is 18.2 Å². The summed E-state index contributed by atoms with van der Waals surface area (Å²) in [6.45, 7) is 0.340. The monoisotopic (exact) mass is 265 g/mol. The van der Waals surface area contributed by atoms with E-state index in [1.165, 1.54) is 6.07 Å². The molecule has 0 unspecified atom stereocenters. The molecule has 3 atom stereocenters. The molecule has 0 aliphatic carbocycles. The van der Waals surface area contributed by atoms with Crippen LogP contribution in [0, 0.1) is 5.92 Å². The Morgan fingerprint density at radius 3 is 2.53 bits per heavy atom. The molecule has 0 amide bonds. The van der Waals surface area contributed by atoms with Crippen LogP contribution in [-0.4, -0.2) is 39.8 Å². The number of para-hydroxylation sites is 1. The first kappa shape index (κ1) is 13.4. The van der Waals surface area contributed by atoms with Crippen LogP contribution in [0.3, 0.4) is 0 Å². The maximum absolute atomic E-state index is 11.1. The van der Waals surface area contributed by atoms with Crippen LogP contribution in [-0.2, 0) is 9.59 Å². The molecule has 4 N–H and O–H groups in total. The highest BCUT2D eigenvalue weighted by Crippen LogP contribution is 2.38. The zero-order valence-electron chi connectivity index (χ0n) is 10.1. The lowest BCUT2D eigenvalue weighted by Gasteiger charge is -2.21. The van der Waals surface area contributed by atoms with Crippen LogP contribution in [0.15, 0.2) is 24.3 Å². The Balaban J connectivity index is 2.31. The van der Waals surface area contributed by atoms with Gasteiger partial charge < -0.3 is 20.6 Å². The maximum atomic E-state index is 11.1. The molecule has 6 heteroatoms. The van der Waals surface area contributed by atoms with Crippen molar-refractivity contribution in [2.45, 2.75) is 18.4 Å². The van der Waals surface area contributed by atoms with Gasteiger partial charge in [0.2, 0.25) is 0 Å². The Kier molecular flexibility index (Phi) is 3.71. The number of carbonyl (C=O) groups is 2. The second-order valence-corrected chi connectivity index (χ2v) is 4.65. The Labute approximate surface area is 109 Å². The third-order valence-electron chi connectivity index (χ3n) is 3.52. The van der Waals surface area contributed by atoms with Crippen LogP contribution in [0.5, 0.6) is 5.75 Å². The normalized spacial score (nSPS) is 26.2. The second kappa shape index (κ2) is 5.27. The fraction of sp³-hybridized carbons (Fsp3) is 0.385. The average molecular weight is 265 g/mol. The van der Waals surface area contributed by atoms with Crippen LogP contribution in [0.4, 0.5) is 0 Å². The zero-order chi connectivity index (χ0) is 14.0. The van der Waals surface area contributed by atoms with E-state index < -0.39 is 23.9 Å². The van der Waals surface area contributed by atoms with Gasteiger partial charge in [0.15, 0.2) is 0 Å². The van der Waals surface area contributed by atoms with Gasteiger partial charge >= 0.3 is 11.9 Å². The van der Waals surface area contributed by atoms with Gasteiger partial charge in [-0.2, -0.15) is 0 Å². The number of benzene rings is 1. The first-order valence-corrected chi connectivity index (χ1v) is 5.96. The van der Waals surface area contributed by atoms with Crippen molar-refractivity contribution in [2.75, 3.05) is 6.54 Å². The van der Waals surface area contributed by atoms with Gasteiger partial charge in [0.25, 0.3) is 0 Å². The van der Waals surface area contributed by atoms with Crippen LogP contribution in [0.1, 0.15) is 17.9 Å². The molecule has 1 aliphatic rings. The Hall–Kier alpha value is -2.08. The van der Waals surface area contributed by atoms with Crippen LogP contribution in [0.2, 0.25) is 0 Å². The minimum atomic E-state index is -1.07. The summed E-state index contributed by atoms with van der Waals surface area (Å²) in [4.78, 5) is 22.0. The predicted molar refractivity (Wildman–Crippen MR) is 66.0 cm³/mol. The van der Waals surface area contributed by atoms with Gasteiger partial charge in [-0.05, 0) is 11.6 Å². The van der Waals surface area contributed by atoms with Gasteiger partial charge in [0.05, 0.1) is 6.42 Å².